The van der Waals surface area contributed by atoms with E-state index in [0.29, 0.717) is 0 Å². The fourth-order valence-corrected chi connectivity index (χ4v) is 0.755. The molecule has 6 nitrogen and oxygen atoms in total. The van der Waals surface area contributed by atoms with Crippen molar-refractivity contribution < 1.29 is 19.8 Å². The lowest BCUT2D eigenvalue weighted by atomic mass is 10.1. The van der Waals surface area contributed by atoms with Gasteiger partial charge in [0.25, 0.3) is 0 Å². The first-order valence-electron chi connectivity index (χ1n) is 5.18. The van der Waals surface area contributed by atoms with Crippen molar-refractivity contribution in [1.82, 2.24) is 10.6 Å². The molecule has 0 heterocycles. The molecule has 0 aliphatic rings. The van der Waals surface area contributed by atoms with E-state index in [2.05, 4.69) is 10.6 Å². The van der Waals surface area contributed by atoms with Crippen LogP contribution in [0.1, 0.15) is 20.7 Å². The van der Waals surface area contributed by atoms with Crippen molar-refractivity contribution in [1.29, 1.82) is 0 Å². The number of aromatic carboxylic acids is 2. The van der Waals surface area contributed by atoms with Gasteiger partial charge in [-0.3, -0.25) is 0 Å². The molecule has 0 fully saturated rings. The SMILES string of the molecule is CNC.CNC.O=C(O)c1ccc(C(=O)O)cc1. The normalized spacial score (nSPS) is 8.22. The van der Waals surface area contributed by atoms with E-state index in [9.17, 15) is 9.59 Å². The topological polar surface area (TPSA) is 98.7 Å². The first kappa shape index (κ1) is 18.4. The number of carboxylic acids is 2. The number of hydrogen-bond donors (Lipinski definition) is 4. The Balaban J connectivity index is 0. The number of carboxylic acid groups (broad SMARTS) is 2. The van der Waals surface area contributed by atoms with Crippen molar-refractivity contribution in [3.05, 3.63) is 35.4 Å². The summed E-state index contributed by atoms with van der Waals surface area (Å²) in [6.45, 7) is 0. The summed E-state index contributed by atoms with van der Waals surface area (Å²) in [5.74, 6) is -2.13. The van der Waals surface area contributed by atoms with Gasteiger partial charge in [-0.2, -0.15) is 0 Å². The van der Waals surface area contributed by atoms with E-state index in [1.807, 2.05) is 28.2 Å². The predicted octanol–water partition coefficient (Wildman–Crippen LogP) is 0.754. The minimum atomic E-state index is -1.06. The van der Waals surface area contributed by atoms with Crippen LogP contribution in [0.3, 0.4) is 0 Å². The summed E-state index contributed by atoms with van der Waals surface area (Å²) in [5.41, 5.74) is 0.167. The molecule has 1 rings (SSSR count). The first-order chi connectivity index (χ1) is 8.44. The van der Waals surface area contributed by atoms with E-state index < -0.39 is 11.9 Å². The molecule has 18 heavy (non-hydrogen) atoms. The Morgan fingerprint density at radius 1 is 0.778 bits per heavy atom. The Labute approximate surface area is 107 Å². The van der Waals surface area contributed by atoms with Gasteiger partial charge in [0.2, 0.25) is 0 Å². The largest absolute Gasteiger partial charge is 0.478 e. The Morgan fingerprint density at radius 2 is 0.944 bits per heavy atom. The second-order valence-corrected chi connectivity index (χ2v) is 3.19. The third-order valence-corrected chi connectivity index (χ3v) is 1.38. The highest BCUT2D eigenvalue weighted by atomic mass is 16.4. The fraction of sp³-hybridized carbons (Fsp3) is 0.333. The summed E-state index contributed by atoms with van der Waals surface area (Å²) >= 11 is 0. The summed E-state index contributed by atoms with van der Waals surface area (Å²) in [7, 11) is 7.50. The standard InChI is InChI=1S/C8H6O4.2C2H7N/c9-7(10)5-1-2-6(4-3-5)8(11)12;2*1-3-2/h1-4H,(H,9,10)(H,11,12);2*3H,1-2H3. The van der Waals surface area contributed by atoms with Gasteiger partial charge in [-0.1, -0.05) is 0 Å². The van der Waals surface area contributed by atoms with Gasteiger partial charge in [-0.25, -0.2) is 9.59 Å². The van der Waals surface area contributed by atoms with Crippen molar-refractivity contribution in [2.75, 3.05) is 28.2 Å². The van der Waals surface area contributed by atoms with Crippen LogP contribution in [0.15, 0.2) is 24.3 Å². The number of nitrogens with one attached hydrogen (secondary N) is 2. The van der Waals surface area contributed by atoms with Crippen LogP contribution in [-0.2, 0) is 0 Å². The van der Waals surface area contributed by atoms with Crippen LogP contribution in [0.2, 0.25) is 0 Å². The van der Waals surface area contributed by atoms with E-state index in [0.717, 1.165) is 0 Å². The summed E-state index contributed by atoms with van der Waals surface area (Å²) in [6.07, 6.45) is 0. The fourth-order valence-electron chi connectivity index (χ4n) is 0.755. The Hall–Kier alpha value is -1.92. The van der Waals surface area contributed by atoms with E-state index in [-0.39, 0.29) is 11.1 Å². The van der Waals surface area contributed by atoms with Gasteiger partial charge in [0.1, 0.15) is 0 Å². The number of rotatable bonds is 2. The smallest absolute Gasteiger partial charge is 0.335 e. The van der Waals surface area contributed by atoms with Gasteiger partial charge in [0.15, 0.2) is 0 Å². The number of carbonyl (C=O) groups is 2. The summed E-state index contributed by atoms with van der Waals surface area (Å²) < 4.78 is 0. The van der Waals surface area contributed by atoms with Gasteiger partial charge < -0.3 is 20.8 Å². The van der Waals surface area contributed by atoms with Gasteiger partial charge in [-0.05, 0) is 52.5 Å². The number of benzene rings is 1. The van der Waals surface area contributed by atoms with E-state index >= 15 is 0 Å². The average molecular weight is 256 g/mol. The quantitative estimate of drug-likeness (QED) is 0.623. The molecule has 0 unspecified atom stereocenters. The minimum absolute atomic E-state index is 0.0833. The van der Waals surface area contributed by atoms with Crippen molar-refractivity contribution in [3.8, 4) is 0 Å². The molecule has 1 aromatic rings. The van der Waals surface area contributed by atoms with Crippen molar-refractivity contribution >= 4 is 11.9 Å². The molecular weight excluding hydrogens is 236 g/mol. The maximum Gasteiger partial charge on any atom is 0.335 e. The molecule has 0 aliphatic heterocycles. The summed E-state index contributed by atoms with van der Waals surface area (Å²) in [5, 5.41) is 22.4. The van der Waals surface area contributed by atoms with Crippen molar-refractivity contribution in [2.24, 2.45) is 0 Å². The second kappa shape index (κ2) is 11.6. The van der Waals surface area contributed by atoms with Crippen molar-refractivity contribution in [3.63, 3.8) is 0 Å². The summed E-state index contributed by atoms with van der Waals surface area (Å²) in [4.78, 5) is 20.7. The highest BCUT2D eigenvalue weighted by Gasteiger charge is 2.04. The molecular formula is C12H20N2O4. The predicted molar refractivity (Wildman–Crippen MR) is 70.3 cm³/mol. The zero-order valence-electron chi connectivity index (χ0n) is 11.0. The van der Waals surface area contributed by atoms with E-state index in [1.165, 1.54) is 24.3 Å². The first-order valence-corrected chi connectivity index (χ1v) is 5.18. The van der Waals surface area contributed by atoms with Crippen LogP contribution >= 0.6 is 0 Å². The minimum Gasteiger partial charge on any atom is -0.478 e. The lowest BCUT2D eigenvalue weighted by Gasteiger charge is -1.94. The number of hydrogen-bond acceptors (Lipinski definition) is 4. The molecule has 0 radical (unpaired) electrons. The molecule has 4 N–H and O–H groups in total. The molecule has 0 saturated carbocycles. The lowest BCUT2D eigenvalue weighted by Crippen LogP contribution is -1.99. The maximum absolute atomic E-state index is 10.3. The van der Waals surface area contributed by atoms with Gasteiger partial charge >= 0.3 is 11.9 Å². The molecule has 0 spiro atoms. The highest BCUT2D eigenvalue weighted by molar-refractivity contribution is 5.91. The monoisotopic (exact) mass is 256 g/mol. The maximum atomic E-state index is 10.3. The highest BCUT2D eigenvalue weighted by Crippen LogP contribution is 2.03. The van der Waals surface area contributed by atoms with Gasteiger partial charge in [0, 0.05) is 0 Å². The van der Waals surface area contributed by atoms with Gasteiger partial charge in [-0.15, -0.1) is 0 Å². The van der Waals surface area contributed by atoms with E-state index in [4.69, 9.17) is 10.2 Å². The van der Waals surface area contributed by atoms with Crippen LogP contribution < -0.4 is 10.6 Å². The molecule has 6 heteroatoms. The molecule has 1 aromatic carbocycles. The molecule has 0 bridgehead atoms. The Bertz CT molecular complexity index is 315. The zero-order chi connectivity index (χ0) is 14.6. The second-order valence-electron chi connectivity index (χ2n) is 3.19. The Morgan fingerprint density at radius 3 is 1.06 bits per heavy atom. The molecule has 0 amide bonds. The third kappa shape index (κ3) is 9.32. The lowest BCUT2D eigenvalue weighted by molar-refractivity contribution is 0.0681. The van der Waals surface area contributed by atoms with Crippen LogP contribution in [0, 0.1) is 0 Å². The summed E-state index contributed by atoms with van der Waals surface area (Å²) in [6, 6.07) is 5.02. The molecule has 0 saturated heterocycles. The Kier molecular flexibility index (Phi) is 11.8. The third-order valence-electron chi connectivity index (χ3n) is 1.38. The molecule has 0 aliphatic carbocycles. The molecule has 0 aromatic heterocycles. The van der Waals surface area contributed by atoms with Crippen LogP contribution in [0.25, 0.3) is 0 Å². The van der Waals surface area contributed by atoms with Crippen molar-refractivity contribution in [2.45, 2.75) is 0 Å². The van der Waals surface area contributed by atoms with Crippen LogP contribution in [0.5, 0.6) is 0 Å². The zero-order valence-corrected chi connectivity index (χ0v) is 11.0. The molecule has 0 atom stereocenters. The average Bonchev–Trinajstić information content (AvgIpc) is 2.31. The van der Waals surface area contributed by atoms with Crippen LogP contribution in [0.4, 0.5) is 0 Å². The molecule has 102 valence electrons. The van der Waals surface area contributed by atoms with E-state index in [1.54, 1.807) is 0 Å². The van der Waals surface area contributed by atoms with Gasteiger partial charge in [0.05, 0.1) is 11.1 Å². The van der Waals surface area contributed by atoms with Crippen LogP contribution in [-0.4, -0.2) is 50.3 Å².